The number of rotatable bonds is 2. The van der Waals surface area contributed by atoms with E-state index in [0.29, 0.717) is 6.04 Å². The molecule has 0 amide bonds. The standard InChI is InChI=1S/C17H24BrNO/c1-13-11-14(5-6-16(13)18)19-15-7-10-20-17(12-15)8-3-2-4-9-17/h5-6,11,15,19H,2-4,7-10,12H2,1H3. The van der Waals surface area contributed by atoms with Gasteiger partial charge in [-0.2, -0.15) is 0 Å². The van der Waals surface area contributed by atoms with Gasteiger partial charge in [0.1, 0.15) is 0 Å². The molecule has 20 heavy (non-hydrogen) atoms. The van der Waals surface area contributed by atoms with Gasteiger partial charge in [-0.05, 0) is 56.4 Å². The van der Waals surface area contributed by atoms with Crippen LogP contribution in [0, 0.1) is 6.92 Å². The summed E-state index contributed by atoms with van der Waals surface area (Å²) in [5.41, 5.74) is 2.71. The molecular weight excluding hydrogens is 314 g/mol. The van der Waals surface area contributed by atoms with Crippen molar-refractivity contribution in [3.05, 3.63) is 28.2 Å². The monoisotopic (exact) mass is 337 g/mol. The summed E-state index contributed by atoms with van der Waals surface area (Å²) in [5, 5.41) is 3.72. The first-order valence-electron chi connectivity index (χ1n) is 7.84. The molecule has 1 N–H and O–H groups in total. The second-order valence-corrected chi connectivity index (χ2v) is 7.24. The van der Waals surface area contributed by atoms with Crippen molar-refractivity contribution in [2.24, 2.45) is 0 Å². The van der Waals surface area contributed by atoms with Crippen LogP contribution < -0.4 is 5.32 Å². The maximum Gasteiger partial charge on any atom is 0.0702 e. The number of hydrogen-bond donors (Lipinski definition) is 1. The fraction of sp³-hybridized carbons (Fsp3) is 0.647. The Morgan fingerprint density at radius 3 is 2.80 bits per heavy atom. The SMILES string of the molecule is Cc1cc(NC2CCOC3(CCCCC3)C2)ccc1Br. The maximum absolute atomic E-state index is 6.17. The van der Waals surface area contributed by atoms with Crippen molar-refractivity contribution in [3.63, 3.8) is 0 Å². The zero-order chi connectivity index (χ0) is 14.0. The van der Waals surface area contributed by atoms with Crippen LogP contribution in [0.2, 0.25) is 0 Å². The van der Waals surface area contributed by atoms with E-state index in [2.05, 4.69) is 46.4 Å². The van der Waals surface area contributed by atoms with Crippen molar-refractivity contribution in [1.29, 1.82) is 0 Å². The van der Waals surface area contributed by atoms with Gasteiger partial charge in [-0.1, -0.05) is 35.2 Å². The van der Waals surface area contributed by atoms with E-state index in [1.165, 1.54) is 54.2 Å². The van der Waals surface area contributed by atoms with Crippen LogP contribution in [-0.4, -0.2) is 18.2 Å². The Balaban J connectivity index is 1.66. The number of aryl methyl sites for hydroxylation is 1. The molecule has 0 aromatic heterocycles. The van der Waals surface area contributed by atoms with Crippen LogP contribution in [0.4, 0.5) is 5.69 Å². The molecule has 3 rings (SSSR count). The van der Waals surface area contributed by atoms with Crippen LogP contribution in [0.5, 0.6) is 0 Å². The average Bonchev–Trinajstić information content (AvgIpc) is 2.44. The zero-order valence-corrected chi connectivity index (χ0v) is 13.8. The highest BCUT2D eigenvalue weighted by atomic mass is 79.9. The van der Waals surface area contributed by atoms with Crippen molar-refractivity contribution < 1.29 is 4.74 Å². The van der Waals surface area contributed by atoms with E-state index in [1.807, 2.05) is 0 Å². The molecule has 1 aliphatic heterocycles. The molecule has 1 unspecified atom stereocenters. The predicted molar refractivity (Wildman–Crippen MR) is 87.3 cm³/mol. The van der Waals surface area contributed by atoms with Crippen molar-refractivity contribution in [2.75, 3.05) is 11.9 Å². The smallest absolute Gasteiger partial charge is 0.0702 e. The molecule has 1 saturated heterocycles. The van der Waals surface area contributed by atoms with Crippen LogP contribution in [0.25, 0.3) is 0 Å². The molecule has 1 heterocycles. The van der Waals surface area contributed by atoms with E-state index in [9.17, 15) is 0 Å². The summed E-state index contributed by atoms with van der Waals surface area (Å²) >= 11 is 3.56. The van der Waals surface area contributed by atoms with Crippen LogP contribution in [0.3, 0.4) is 0 Å². The maximum atomic E-state index is 6.17. The summed E-state index contributed by atoms with van der Waals surface area (Å²) in [5.74, 6) is 0. The summed E-state index contributed by atoms with van der Waals surface area (Å²) in [7, 11) is 0. The summed E-state index contributed by atoms with van der Waals surface area (Å²) < 4.78 is 7.35. The minimum absolute atomic E-state index is 0.179. The fourth-order valence-corrected chi connectivity index (χ4v) is 3.91. The molecular formula is C17H24BrNO. The van der Waals surface area contributed by atoms with Gasteiger partial charge < -0.3 is 10.1 Å². The number of ether oxygens (including phenoxy) is 1. The second kappa shape index (κ2) is 6.07. The highest BCUT2D eigenvalue weighted by Crippen LogP contribution is 2.39. The molecule has 1 aromatic carbocycles. The number of halogens is 1. The van der Waals surface area contributed by atoms with Gasteiger partial charge in [0.25, 0.3) is 0 Å². The summed E-state index contributed by atoms with van der Waals surface area (Å²) in [4.78, 5) is 0. The minimum Gasteiger partial charge on any atom is -0.382 e. The zero-order valence-electron chi connectivity index (χ0n) is 12.3. The third kappa shape index (κ3) is 3.20. The highest BCUT2D eigenvalue weighted by molar-refractivity contribution is 9.10. The van der Waals surface area contributed by atoms with Gasteiger partial charge in [-0.3, -0.25) is 0 Å². The Morgan fingerprint density at radius 1 is 1.25 bits per heavy atom. The Labute approximate surface area is 130 Å². The number of nitrogens with one attached hydrogen (secondary N) is 1. The van der Waals surface area contributed by atoms with Crippen LogP contribution in [0.1, 0.15) is 50.5 Å². The summed E-state index contributed by atoms with van der Waals surface area (Å²) in [6.45, 7) is 3.05. The van der Waals surface area contributed by atoms with Gasteiger partial charge in [0, 0.05) is 22.8 Å². The topological polar surface area (TPSA) is 21.3 Å². The van der Waals surface area contributed by atoms with Crippen molar-refractivity contribution in [1.82, 2.24) is 0 Å². The second-order valence-electron chi connectivity index (χ2n) is 6.39. The van der Waals surface area contributed by atoms with Crippen molar-refractivity contribution in [2.45, 2.75) is 63.5 Å². The molecule has 1 aromatic rings. The van der Waals surface area contributed by atoms with E-state index in [-0.39, 0.29) is 5.60 Å². The quantitative estimate of drug-likeness (QED) is 0.815. The lowest BCUT2D eigenvalue weighted by atomic mass is 9.78. The van der Waals surface area contributed by atoms with E-state index >= 15 is 0 Å². The first-order valence-corrected chi connectivity index (χ1v) is 8.63. The number of hydrogen-bond acceptors (Lipinski definition) is 2. The Morgan fingerprint density at radius 2 is 2.05 bits per heavy atom. The highest BCUT2D eigenvalue weighted by Gasteiger charge is 2.38. The molecule has 0 bridgehead atoms. The van der Waals surface area contributed by atoms with Gasteiger partial charge in [-0.15, -0.1) is 0 Å². The number of anilines is 1. The molecule has 2 aliphatic rings. The fourth-order valence-electron chi connectivity index (χ4n) is 3.67. The normalized spacial score (nSPS) is 25.6. The van der Waals surface area contributed by atoms with E-state index < -0.39 is 0 Å². The molecule has 0 radical (unpaired) electrons. The molecule has 1 atom stereocenters. The van der Waals surface area contributed by atoms with E-state index in [1.54, 1.807) is 0 Å². The van der Waals surface area contributed by atoms with Gasteiger partial charge in [0.15, 0.2) is 0 Å². The lowest BCUT2D eigenvalue weighted by Gasteiger charge is -2.44. The molecule has 3 heteroatoms. The average molecular weight is 338 g/mol. The summed E-state index contributed by atoms with van der Waals surface area (Å²) in [6.07, 6.45) is 8.86. The first-order chi connectivity index (χ1) is 9.67. The van der Waals surface area contributed by atoms with Gasteiger partial charge in [0.05, 0.1) is 5.60 Å². The molecule has 110 valence electrons. The van der Waals surface area contributed by atoms with E-state index in [4.69, 9.17) is 4.74 Å². The molecule has 1 aliphatic carbocycles. The lowest BCUT2D eigenvalue weighted by Crippen LogP contribution is -2.45. The van der Waals surface area contributed by atoms with Gasteiger partial charge >= 0.3 is 0 Å². The van der Waals surface area contributed by atoms with E-state index in [0.717, 1.165) is 13.0 Å². The third-order valence-corrected chi connectivity index (χ3v) is 5.68. The summed E-state index contributed by atoms with van der Waals surface area (Å²) in [6, 6.07) is 7.09. The van der Waals surface area contributed by atoms with Crippen molar-refractivity contribution >= 4 is 21.6 Å². The predicted octanol–water partition coefficient (Wildman–Crippen LogP) is 5.05. The Bertz CT molecular complexity index is 463. The minimum atomic E-state index is 0.179. The van der Waals surface area contributed by atoms with Crippen LogP contribution in [-0.2, 0) is 4.74 Å². The first kappa shape index (κ1) is 14.4. The molecule has 1 saturated carbocycles. The Hall–Kier alpha value is -0.540. The van der Waals surface area contributed by atoms with Gasteiger partial charge in [-0.25, -0.2) is 0 Å². The van der Waals surface area contributed by atoms with Crippen molar-refractivity contribution in [3.8, 4) is 0 Å². The molecule has 2 nitrogen and oxygen atoms in total. The molecule has 1 spiro atoms. The third-order valence-electron chi connectivity index (χ3n) is 4.79. The van der Waals surface area contributed by atoms with Crippen LogP contribution in [0.15, 0.2) is 22.7 Å². The van der Waals surface area contributed by atoms with Gasteiger partial charge in [0.2, 0.25) is 0 Å². The van der Waals surface area contributed by atoms with Crippen LogP contribution >= 0.6 is 15.9 Å². The number of benzene rings is 1. The lowest BCUT2D eigenvalue weighted by molar-refractivity contribution is -0.103. The largest absolute Gasteiger partial charge is 0.382 e. The Kier molecular flexibility index (Phi) is 4.37. The molecule has 2 fully saturated rings.